The van der Waals surface area contributed by atoms with Crippen molar-refractivity contribution in [1.29, 1.82) is 0 Å². The Labute approximate surface area is 143 Å². The molecule has 126 valence electrons. The fraction of sp³-hybridized carbons (Fsp3) is 0.421. The molecular weight excluding hydrogens is 300 g/mol. The van der Waals surface area contributed by atoms with Gasteiger partial charge in [0.05, 0.1) is 0 Å². The molecule has 3 rings (SSSR count). The Kier molecular flexibility index (Phi) is 4.79. The minimum absolute atomic E-state index is 0.198. The van der Waals surface area contributed by atoms with Crippen LogP contribution in [0, 0.1) is 19.8 Å². The van der Waals surface area contributed by atoms with Gasteiger partial charge in [0.25, 0.3) is 5.91 Å². The molecule has 1 amide bonds. The van der Waals surface area contributed by atoms with E-state index in [4.69, 9.17) is 0 Å². The van der Waals surface area contributed by atoms with Gasteiger partial charge >= 0.3 is 0 Å². The number of carbonyl (C=O) groups excluding carboxylic acids is 1. The van der Waals surface area contributed by atoms with Gasteiger partial charge in [0, 0.05) is 25.0 Å². The van der Waals surface area contributed by atoms with Crippen LogP contribution < -0.4 is 10.2 Å². The number of carbonyl (C=O) groups is 1. The maximum atomic E-state index is 12.5. The average molecular weight is 324 g/mol. The van der Waals surface area contributed by atoms with E-state index in [0.717, 1.165) is 30.8 Å². The molecule has 0 spiro atoms. The van der Waals surface area contributed by atoms with E-state index in [0.29, 0.717) is 17.6 Å². The van der Waals surface area contributed by atoms with Crippen LogP contribution in [0.3, 0.4) is 0 Å². The van der Waals surface area contributed by atoms with Crippen molar-refractivity contribution in [2.24, 2.45) is 5.92 Å². The minimum Gasteiger partial charge on any atom is -0.341 e. The lowest BCUT2D eigenvalue weighted by atomic mass is 10.0. The van der Waals surface area contributed by atoms with Crippen molar-refractivity contribution in [2.45, 2.75) is 33.6 Å². The van der Waals surface area contributed by atoms with Crippen LogP contribution in [0.4, 0.5) is 11.6 Å². The van der Waals surface area contributed by atoms with Gasteiger partial charge in [-0.05, 0) is 50.3 Å². The Bertz CT molecular complexity index is 744. The van der Waals surface area contributed by atoms with Crippen molar-refractivity contribution < 1.29 is 4.79 Å². The fourth-order valence-electron chi connectivity index (χ4n) is 3.14. The Morgan fingerprint density at radius 2 is 2.12 bits per heavy atom. The number of benzene rings is 1. The summed E-state index contributed by atoms with van der Waals surface area (Å²) in [4.78, 5) is 23.5. The number of aromatic nitrogens is 2. The standard InChI is InChI=1S/C19H24N4O/c1-13-6-7-16(15(3)11-13)21-18(24)17-8-9-20-19(22-17)23-10-4-5-14(2)12-23/h6-9,11,14H,4-5,10,12H2,1-3H3,(H,21,24). The van der Waals surface area contributed by atoms with Crippen LogP contribution >= 0.6 is 0 Å². The highest BCUT2D eigenvalue weighted by molar-refractivity contribution is 6.03. The number of nitrogens with one attached hydrogen (secondary N) is 1. The van der Waals surface area contributed by atoms with Crippen LogP contribution in [0.1, 0.15) is 41.4 Å². The number of piperidine rings is 1. The van der Waals surface area contributed by atoms with Gasteiger partial charge in [0.15, 0.2) is 0 Å². The van der Waals surface area contributed by atoms with Crippen molar-refractivity contribution in [3.05, 3.63) is 47.3 Å². The Balaban J connectivity index is 1.76. The molecule has 0 radical (unpaired) electrons. The number of hydrogen-bond acceptors (Lipinski definition) is 4. The van der Waals surface area contributed by atoms with Gasteiger partial charge in [-0.2, -0.15) is 0 Å². The van der Waals surface area contributed by atoms with Crippen molar-refractivity contribution in [3.8, 4) is 0 Å². The molecule has 1 saturated heterocycles. The molecule has 1 fully saturated rings. The second-order valence-electron chi connectivity index (χ2n) is 6.71. The number of amides is 1. The lowest BCUT2D eigenvalue weighted by Gasteiger charge is -2.30. The van der Waals surface area contributed by atoms with E-state index in [9.17, 15) is 4.79 Å². The topological polar surface area (TPSA) is 58.1 Å². The average Bonchev–Trinajstić information content (AvgIpc) is 2.57. The van der Waals surface area contributed by atoms with E-state index in [2.05, 4.69) is 33.2 Å². The van der Waals surface area contributed by atoms with Crippen LogP contribution in [0.5, 0.6) is 0 Å². The molecule has 0 saturated carbocycles. The second-order valence-corrected chi connectivity index (χ2v) is 6.71. The molecule has 2 heterocycles. The number of aryl methyl sites for hydroxylation is 2. The zero-order valence-electron chi connectivity index (χ0n) is 14.5. The first-order chi connectivity index (χ1) is 11.5. The molecule has 24 heavy (non-hydrogen) atoms. The smallest absolute Gasteiger partial charge is 0.274 e. The predicted molar refractivity (Wildman–Crippen MR) is 96.5 cm³/mol. The van der Waals surface area contributed by atoms with Gasteiger partial charge in [0.2, 0.25) is 5.95 Å². The SMILES string of the molecule is Cc1ccc(NC(=O)c2ccnc(N3CCCC(C)C3)n2)c(C)c1. The van der Waals surface area contributed by atoms with Crippen LogP contribution in [0.25, 0.3) is 0 Å². The van der Waals surface area contributed by atoms with Crippen LogP contribution in [-0.2, 0) is 0 Å². The highest BCUT2D eigenvalue weighted by atomic mass is 16.1. The maximum absolute atomic E-state index is 12.5. The molecule has 1 atom stereocenters. The van der Waals surface area contributed by atoms with Gasteiger partial charge in [0.1, 0.15) is 5.69 Å². The highest BCUT2D eigenvalue weighted by Gasteiger charge is 2.20. The summed E-state index contributed by atoms with van der Waals surface area (Å²) in [5.74, 6) is 1.08. The van der Waals surface area contributed by atoms with Gasteiger partial charge in [-0.1, -0.05) is 24.6 Å². The lowest BCUT2D eigenvalue weighted by molar-refractivity contribution is 0.102. The van der Waals surface area contributed by atoms with E-state index in [1.54, 1.807) is 12.3 Å². The summed E-state index contributed by atoms with van der Waals surface area (Å²) in [6.07, 6.45) is 4.05. The number of hydrogen-bond donors (Lipinski definition) is 1. The molecule has 2 aromatic rings. The van der Waals surface area contributed by atoms with Gasteiger partial charge in [-0.3, -0.25) is 4.79 Å². The van der Waals surface area contributed by atoms with E-state index in [1.807, 2.05) is 26.0 Å². The molecule has 5 heteroatoms. The number of nitrogens with zero attached hydrogens (tertiary/aromatic N) is 3. The third kappa shape index (κ3) is 3.72. The molecule has 0 bridgehead atoms. The van der Waals surface area contributed by atoms with E-state index in [-0.39, 0.29) is 5.91 Å². The molecule has 1 aromatic carbocycles. The van der Waals surface area contributed by atoms with Crippen LogP contribution in [-0.4, -0.2) is 29.0 Å². The molecule has 1 N–H and O–H groups in total. The predicted octanol–water partition coefficient (Wildman–Crippen LogP) is 3.58. The molecule has 1 aliphatic rings. The Morgan fingerprint density at radius 1 is 1.29 bits per heavy atom. The van der Waals surface area contributed by atoms with Gasteiger partial charge < -0.3 is 10.2 Å². The third-order valence-corrected chi connectivity index (χ3v) is 4.45. The van der Waals surface area contributed by atoms with Crippen molar-refractivity contribution in [3.63, 3.8) is 0 Å². The first kappa shape index (κ1) is 16.4. The maximum Gasteiger partial charge on any atom is 0.274 e. The number of anilines is 2. The normalized spacial score (nSPS) is 17.6. The molecule has 1 aromatic heterocycles. The van der Waals surface area contributed by atoms with Crippen LogP contribution in [0.15, 0.2) is 30.5 Å². The second kappa shape index (κ2) is 6.99. The molecule has 0 aliphatic carbocycles. The Morgan fingerprint density at radius 3 is 2.88 bits per heavy atom. The summed E-state index contributed by atoms with van der Waals surface area (Å²) in [6, 6.07) is 7.63. The summed E-state index contributed by atoms with van der Waals surface area (Å²) in [6.45, 7) is 8.16. The lowest BCUT2D eigenvalue weighted by Crippen LogP contribution is -2.35. The highest BCUT2D eigenvalue weighted by Crippen LogP contribution is 2.20. The van der Waals surface area contributed by atoms with Crippen molar-refractivity contribution in [2.75, 3.05) is 23.3 Å². The van der Waals surface area contributed by atoms with Crippen molar-refractivity contribution >= 4 is 17.5 Å². The largest absolute Gasteiger partial charge is 0.341 e. The molecule has 1 unspecified atom stereocenters. The minimum atomic E-state index is -0.198. The van der Waals surface area contributed by atoms with E-state index < -0.39 is 0 Å². The van der Waals surface area contributed by atoms with E-state index in [1.165, 1.54) is 12.0 Å². The zero-order valence-corrected chi connectivity index (χ0v) is 14.5. The first-order valence-corrected chi connectivity index (χ1v) is 8.49. The first-order valence-electron chi connectivity index (χ1n) is 8.49. The zero-order chi connectivity index (χ0) is 17.1. The van der Waals surface area contributed by atoms with E-state index >= 15 is 0 Å². The monoisotopic (exact) mass is 324 g/mol. The quantitative estimate of drug-likeness (QED) is 0.937. The summed E-state index contributed by atoms with van der Waals surface area (Å²) in [7, 11) is 0. The summed E-state index contributed by atoms with van der Waals surface area (Å²) in [5, 5.41) is 2.94. The van der Waals surface area contributed by atoms with Crippen LogP contribution in [0.2, 0.25) is 0 Å². The summed E-state index contributed by atoms with van der Waals surface area (Å²) in [5.41, 5.74) is 3.44. The third-order valence-electron chi connectivity index (χ3n) is 4.45. The van der Waals surface area contributed by atoms with Gasteiger partial charge in [-0.25, -0.2) is 9.97 Å². The molecule has 1 aliphatic heterocycles. The number of rotatable bonds is 3. The van der Waals surface area contributed by atoms with Crippen molar-refractivity contribution in [1.82, 2.24) is 9.97 Å². The molecular formula is C19H24N4O. The summed E-state index contributed by atoms with van der Waals surface area (Å²) < 4.78 is 0. The van der Waals surface area contributed by atoms with Gasteiger partial charge in [-0.15, -0.1) is 0 Å². The fourth-order valence-corrected chi connectivity index (χ4v) is 3.14. The Hall–Kier alpha value is -2.43. The summed E-state index contributed by atoms with van der Waals surface area (Å²) >= 11 is 0. The molecule has 5 nitrogen and oxygen atoms in total.